The van der Waals surface area contributed by atoms with Crippen LogP contribution in [0, 0.1) is 6.92 Å². The van der Waals surface area contributed by atoms with Gasteiger partial charge in [-0.1, -0.05) is 6.07 Å². The minimum Gasteiger partial charge on any atom is -0.478 e. The summed E-state index contributed by atoms with van der Waals surface area (Å²) in [6, 6.07) is 5.51. The molecule has 128 valence electrons. The molecule has 3 rings (SSSR count). The van der Waals surface area contributed by atoms with Crippen molar-refractivity contribution in [3.63, 3.8) is 0 Å². The van der Waals surface area contributed by atoms with Crippen molar-refractivity contribution >= 4 is 17.2 Å². The molecule has 0 N–H and O–H groups in total. The zero-order valence-electron chi connectivity index (χ0n) is 13.9. The van der Waals surface area contributed by atoms with Gasteiger partial charge in [0.15, 0.2) is 0 Å². The summed E-state index contributed by atoms with van der Waals surface area (Å²) in [7, 11) is 0. The fourth-order valence-electron chi connectivity index (χ4n) is 2.60. The average molecular weight is 347 g/mol. The zero-order chi connectivity index (χ0) is 16.9. The zero-order valence-corrected chi connectivity index (χ0v) is 14.7. The number of aromatic nitrogens is 2. The van der Waals surface area contributed by atoms with Crippen LogP contribution in [-0.4, -0.2) is 47.1 Å². The third-order valence-corrected chi connectivity index (χ3v) is 4.79. The minimum atomic E-state index is -0.135. The Morgan fingerprint density at radius 3 is 3.08 bits per heavy atom. The van der Waals surface area contributed by atoms with Gasteiger partial charge in [0.05, 0.1) is 31.9 Å². The molecule has 1 atom stereocenters. The summed E-state index contributed by atoms with van der Waals surface area (Å²) in [6.45, 7) is 6.10. The third kappa shape index (κ3) is 4.10. The highest BCUT2D eigenvalue weighted by atomic mass is 32.1. The monoisotopic (exact) mass is 347 g/mol. The lowest BCUT2D eigenvalue weighted by Gasteiger charge is -2.32. The molecular formula is C17H21N3O3S. The van der Waals surface area contributed by atoms with Crippen LogP contribution in [0.5, 0.6) is 5.88 Å². The number of carbonyl (C=O) groups is 1. The largest absolute Gasteiger partial charge is 0.478 e. The second kappa shape index (κ2) is 7.72. The Bertz CT molecular complexity index is 704. The number of nitrogens with zero attached hydrogens (tertiary/aromatic N) is 3. The van der Waals surface area contributed by atoms with E-state index in [1.54, 1.807) is 17.4 Å². The normalized spacial score (nSPS) is 17.8. The number of amides is 1. The molecule has 0 radical (unpaired) electrons. The number of thiazole rings is 1. The number of aryl methyl sites for hydroxylation is 1. The minimum absolute atomic E-state index is 0.0535. The Morgan fingerprint density at radius 2 is 2.33 bits per heavy atom. The summed E-state index contributed by atoms with van der Waals surface area (Å²) in [5.74, 6) is 0.610. The van der Waals surface area contributed by atoms with Crippen molar-refractivity contribution < 1.29 is 14.3 Å². The first-order chi connectivity index (χ1) is 11.7. The number of carbonyl (C=O) groups excluding carboxylic acids is 1. The van der Waals surface area contributed by atoms with Crippen LogP contribution < -0.4 is 4.74 Å². The third-order valence-electron chi connectivity index (χ3n) is 3.74. The molecule has 0 aromatic carbocycles. The molecule has 1 aliphatic rings. The maximum atomic E-state index is 12.6. The summed E-state index contributed by atoms with van der Waals surface area (Å²) in [4.78, 5) is 23.3. The lowest BCUT2D eigenvalue weighted by atomic mass is 10.2. The van der Waals surface area contributed by atoms with Crippen molar-refractivity contribution in [1.82, 2.24) is 14.9 Å². The molecule has 1 fully saturated rings. The van der Waals surface area contributed by atoms with Crippen molar-refractivity contribution in [3.05, 3.63) is 40.0 Å². The van der Waals surface area contributed by atoms with Gasteiger partial charge in [0, 0.05) is 23.7 Å². The highest BCUT2D eigenvalue weighted by molar-refractivity contribution is 7.09. The molecule has 1 saturated heterocycles. The number of pyridine rings is 1. The summed E-state index contributed by atoms with van der Waals surface area (Å²) < 4.78 is 11.2. The first-order valence-corrected chi connectivity index (χ1v) is 8.94. The van der Waals surface area contributed by atoms with Gasteiger partial charge in [-0.15, -0.1) is 11.3 Å². The van der Waals surface area contributed by atoms with Crippen LogP contribution in [0.15, 0.2) is 23.6 Å². The van der Waals surface area contributed by atoms with Gasteiger partial charge < -0.3 is 14.4 Å². The highest BCUT2D eigenvalue weighted by Crippen LogP contribution is 2.25. The molecule has 3 heterocycles. The Balaban J connectivity index is 1.63. The van der Waals surface area contributed by atoms with Crippen LogP contribution >= 0.6 is 11.3 Å². The van der Waals surface area contributed by atoms with E-state index < -0.39 is 0 Å². The molecule has 2 aromatic heterocycles. The van der Waals surface area contributed by atoms with Gasteiger partial charge in [-0.25, -0.2) is 9.97 Å². The number of rotatable bonds is 5. The Hall–Kier alpha value is -1.99. The topological polar surface area (TPSA) is 64.5 Å². The molecule has 0 bridgehead atoms. The van der Waals surface area contributed by atoms with Gasteiger partial charge >= 0.3 is 0 Å². The maximum absolute atomic E-state index is 12.6. The van der Waals surface area contributed by atoms with Gasteiger partial charge in [-0.05, 0) is 19.9 Å². The van der Waals surface area contributed by atoms with E-state index in [4.69, 9.17) is 9.47 Å². The summed E-state index contributed by atoms with van der Waals surface area (Å²) in [6.07, 6.45) is 0.133. The van der Waals surface area contributed by atoms with E-state index >= 15 is 0 Å². The SMILES string of the molecule is CCOc1cccc(CC(=O)N2CCOC(c3nc(C)cs3)C2)n1. The van der Waals surface area contributed by atoms with Gasteiger partial charge in [0.25, 0.3) is 0 Å². The second-order valence-corrected chi connectivity index (χ2v) is 6.49. The number of hydrogen-bond acceptors (Lipinski definition) is 6. The second-order valence-electron chi connectivity index (χ2n) is 5.60. The molecule has 0 saturated carbocycles. The summed E-state index contributed by atoms with van der Waals surface area (Å²) in [5.41, 5.74) is 1.71. The van der Waals surface area contributed by atoms with Crippen molar-refractivity contribution in [1.29, 1.82) is 0 Å². The van der Waals surface area contributed by atoms with Crippen LogP contribution in [0.2, 0.25) is 0 Å². The van der Waals surface area contributed by atoms with E-state index in [-0.39, 0.29) is 18.4 Å². The van der Waals surface area contributed by atoms with Crippen molar-refractivity contribution in [2.45, 2.75) is 26.4 Å². The first-order valence-electron chi connectivity index (χ1n) is 8.06. The fraction of sp³-hybridized carbons (Fsp3) is 0.471. The Kier molecular flexibility index (Phi) is 5.42. The predicted octanol–water partition coefficient (Wildman–Crippen LogP) is 2.39. The molecular weight excluding hydrogens is 326 g/mol. The van der Waals surface area contributed by atoms with Crippen molar-refractivity contribution in [2.75, 3.05) is 26.3 Å². The van der Waals surface area contributed by atoms with E-state index in [1.165, 1.54) is 0 Å². The smallest absolute Gasteiger partial charge is 0.228 e. The van der Waals surface area contributed by atoms with Crippen LogP contribution in [-0.2, 0) is 16.0 Å². The number of morpholine rings is 1. The predicted molar refractivity (Wildman–Crippen MR) is 91.2 cm³/mol. The average Bonchev–Trinajstić information content (AvgIpc) is 3.02. The fourth-order valence-corrected chi connectivity index (χ4v) is 3.43. The van der Waals surface area contributed by atoms with Crippen LogP contribution in [0.1, 0.15) is 29.4 Å². The highest BCUT2D eigenvalue weighted by Gasteiger charge is 2.27. The van der Waals surface area contributed by atoms with Crippen LogP contribution in [0.25, 0.3) is 0 Å². The Labute approximate surface area is 145 Å². The molecule has 0 spiro atoms. The van der Waals surface area contributed by atoms with Crippen LogP contribution in [0.4, 0.5) is 0 Å². The van der Waals surface area contributed by atoms with Crippen LogP contribution in [0.3, 0.4) is 0 Å². The lowest BCUT2D eigenvalue weighted by molar-refractivity contribution is -0.138. The molecule has 7 heteroatoms. The molecule has 1 unspecified atom stereocenters. The van der Waals surface area contributed by atoms with E-state index in [2.05, 4.69) is 9.97 Å². The van der Waals surface area contributed by atoms with E-state index in [0.29, 0.717) is 32.2 Å². The maximum Gasteiger partial charge on any atom is 0.228 e. The summed E-state index contributed by atoms with van der Waals surface area (Å²) in [5, 5.41) is 2.93. The van der Waals surface area contributed by atoms with E-state index in [0.717, 1.165) is 16.4 Å². The number of hydrogen-bond donors (Lipinski definition) is 0. The van der Waals surface area contributed by atoms with Gasteiger partial charge in [0.1, 0.15) is 11.1 Å². The van der Waals surface area contributed by atoms with Gasteiger partial charge in [-0.2, -0.15) is 0 Å². The summed E-state index contributed by atoms with van der Waals surface area (Å²) >= 11 is 1.58. The molecule has 1 amide bonds. The van der Waals surface area contributed by atoms with Crippen molar-refractivity contribution in [2.24, 2.45) is 0 Å². The molecule has 2 aromatic rings. The lowest BCUT2D eigenvalue weighted by Crippen LogP contribution is -2.43. The first kappa shape index (κ1) is 16.9. The van der Waals surface area contributed by atoms with E-state index in [9.17, 15) is 4.79 Å². The molecule has 6 nitrogen and oxygen atoms in total. The van der Waals surface area contributed by atoms with E-state index in [1.807, 2.05) is 36.3 Å². The number of ether oxygens (including phenoxy) is 2. The molecule has 1 aliphatic heterocycles. The van der Waals surface area contributed by atoms with Crippen molar-refractivity contribution in [3.8, 4) is 5.88 Å². The Morgan fingerprint density at radius 1 is 1.46 bits per heavy atom. The molecule has 24 heavy (non-hydrogen) atoms. The van der Waals surface area contributed by atoms with Gasteiger partial charge in [-0.3, -0.25) is 4.79 Å². The quantitative estimate of drug-likeness (QED) is 0.831. The standard InChI is InChI=1S/C17H21N3O3S/c1-3-22-15-6-4-5-13(19-15)9-16(21)20-7-8-23-14(10-20)17-18-12(2)11-24-17/h4-6,11,14H,3,7-10H2,1-2H3. The molecule has 0 aliphatic carbocycles. The van der Waals surface area contributed by atoms with Gasteiger partial charge in [0.2, 0.25) is 11.8 Å².